The molecule has 0 bridgehead atoms. The Hall–Kier alpha value is -1.76. The third-order valence-electron chi connectivity index (χ3n) is 2.63. The maximum absolute atomic E-state index is 12.3. The van der Waals surface area contributed by atoms with E-state index >= 15 is 0 Å². The average Bonchev–Trinajstić information content (AvgIpc) is 2.23. The van der Waals surface area contributed by atoms with Crippen molar-refractivity contribution >= 4 is 5.97 Å². The highest BCUT2D eigenvalue weighted by atomic mass is 19.4. The Kier molecular flexibility index (Phi) is 6.02. The number of ether oxygens (including phenoxy) is 1. The van der Waals surface area contributed by atoms with Crippen molar-refractivity contribution in [1.29, 1.82) is 0 Å². The molecule has 0 fully saturated rings. The fourth-order valence-corrected chi connectivity index (χ4v) is 1.97. The van der Waals surface area contributed by atoms with E-state index in [9.17, 15) is 18.0 Å². The van der Waals surface area contributed by atoms with Gasteiger partial charge in [0.2, 0.25) is 0 Å². The zero-order valence-corrected chi connectivity index (χ0v) is 11.9. The molecule has 0 aliphatic heterocycles. The lowest BCUT2D eigenvalue weighted by Crippen LogP contribution is -2.40. The van der Waals surface area contributed by atoms with Gasteiger partial charge in [-0.2, -0.15) is 13.2 Å². The second kappa shape index (κ2) is 7.31. The van der Waals surface area contributed by atoms with E-state index in [0.717, 1.165) is 16.0 Å². The van der Waals surface area contributed by atoms with Gasteiger partial charge >= 0.3 is 12.1 Å². The molecule has 1 aromatic carbocycles. The van der Waals surface area contributed by atoms with Gasteiger partial charge in [-0.3, -0.25) is 9.69 Å². The largest absolute Gasteiger partial charge is 0.492 e. The first kappa shape index (κ1) is 17.3. The van der Waals surface area contributed by atoms with Gasteiger partial charge in [0.25, 0.3) is 0 Å². The van der Waals surface area contributed by atoms with Gasteiger partial charge in [-0.1, -0.05) is 6.07 Å². The molecule has 4 nitrogen and oxygen atoms in total. The van der Waals surface area contributed by atoms with Crippen LogP contribution in [0.25, 0.3) is 0 Å². The quantitative estimate of drug-likeness (QED) is 0.841. The number of hydrogen-bond donors (Lipinski definition) is 1. The zero-order valence-electron chi connectivity index (χ0n) is 11.9. The van der Waals surface area contributed by atoms with E-state index in [1.165, 1.54) is 0 Å². The Morgan fingerprint density at radius 2 is 1.81 bits per heavy atom. The number of nitrogens with zero attached hydrogens (tertiary/aromatic N) is 1. The Morgan fingerprint density at radius 3 is 2.29 bits per heavy atom. The molecule has 0 radical (unpaired) electrons. The van der Waals surface area contributed by atoms with Gasteiger partial charge < -0.3 is 9.84 Å². The number of aryl methyl sites for hydroxylation is 2. The first-order valence-electron chi connectivity index (χ1n) is 6.38. The summed E-state index contributed by atoms with van der Waals surface area (Å²) in [5.41, 5.74) is 1.98. The lowest BCUT2D eigenvalue weighted by atomic mass is 10.1. The minimum atomic E-state index is -4.44. The van der Waals surface area contributed by atoms with Crippen molar-refractivity contribution in [3.05, 3.63) is 29.3 Å². The minimum Gasteiger partial charge on any atom is -0.492 e. The van der Waals surface area contributed by atoms with Crippen molar-refractivity contribution in [1.82, 2.24) is 4.90 Å². The fourth-order valence-electron chi connectivity index (χ4n) is 1.97. The van der Waals surface area contributed by atoms with Crippen LogP contribution >= 0.6 is 0 Å². The van der Waals surface area contributed by atoms with E-state index < -0.39 is 25.2 Å². The number of alkyl halides is 3. The van der Waals surface area contributed by atoms with Crippen LogP contribution in [0.2, 0.25) is 0 Å². The number of carboxylic acids is 1. The van der Waals surface area contributed by atoms with Crippen LogP contribution in [0.4, 0.5) is 13.2 Å². The highest BCUT2D eigenvalue weighted by Gasteiger charge is 2.31. The third kappa shape index (κ3) is 7.55. The van der Waals surface area contributed by atoms with E-state index in [1.807, 2.05) is 19.9 Å². The van der Waals surface area contributed by atoms with E-state index in [2.05, 4.69) is 0 Å². The topological polar surface area (TPSA) is 49.8 Å². The number of rotatable bonds is 7. The minimum absolute atomic E-state index is 0.00769. The van der Waals surface area contributed by atoms with Crippen molar-refractivity contribution in [2.75, 3.05) is 26.2 Å². The van der Waals surface area contributed by atoms with Crippen LogP contribution in [-0.4, -0.2) is 48.4 Å². The number of carbonyl (C=O) groups is 1. The zero-order chi connectivity index (χ0) is 16.0. The van der Waals surface area contributed by atoms with E-state index in [-0.39, 0.29) is 13.2 Å². The summed E-state index contributed by atoms with van der Waals surface area (Å²) >= 11 is 0. The lowest BCUT2D eigenvalue weighted by molar-refractivity contribution is -0.154. The summed E-state index contributed by atoms with van der Waals surface area (Å²) in [5.74, 6) is -0.736. The lowest BCUT2D eigenvalue weighted by Gasteiger charge is -2.21. The highest BCUT2D eigenvalue weighted by Crippen LogP contribution is 2.18. The Balaban J connectivity index is 2.54. The number of carboxylic acid groups (broad SMARTS) is 1. The van der Waals surface area contributed by atoms with Crippen LogP contribution in [0.5, 0.6) is 5.75 Å². The summed E-state index contributed by atoms with van der Waals surface area (Å²) in [7, 11) is 0. The molecule has 1 aromatic rings. The molecular formula is C14H18F3NO3. The SMILES string of the molecule is Cc1cc(C)cc(OCCN(CC(=O)O)CC(F)(F)F)c1. The van der Waals surface area contributed by atoms with Crippen LogP contribution in [0.15, 0.2) is 18.2 Å². The van der Waals surface area contributed by atoms with Gasteiger partial charge in [-0.05, 0) is 37.1 Å². The highest BCUT2D eigenvalue weighted by molar-refractivity contribution is 5.69. The smallest absolute Gasteiger partial charge is 0.401 e. The van der Waals surface area contributed by atoms with Crippen molar-refractivity contribution in [3.8, 4) is 5.75 Å². The molecule has 0 aliphatic rings. The van der Waals surface area contributed by atoms with Gasteiger partial charge in [0, 0.05) is 6.54 Å². The van der Waals surface area contributed by atoms with Gasteiger partial charge in [0.15, 0.2) is 0 Å². The average molecular weight is 305 g/mol. The standard InChI is InChI=1S/C14H18F3NO3/c1-10-5-11(2)7-12(6-10)21-4-3-18(8-13(19)20)9-14(15,16)17/h5-7H,3-4,8-9H2,1-2H3,(H,19,20). The molecule has 0 spiro atoms. The Bertz CT molecular complexity index is 469. The van der Waals surface area contributed by atoms with Gasteiger partial charge in [0.1, 0.15) is 12.4 Å². The summed E-state index contributed by atoms with van der Waals surface area (Å²) in [6.07, 6.45) is -4.44. The van der Waals surface area contributed by atoms with E-state index in [4.69, 9.17) is 9.84 Å². The van der Waals surface area contributed by atoms with Crippen LogP contribution < -0.4 is 4.74 Å². The maximum Gasteiger partial charge on any atom is 0.401 e. The first-order valence-corrected chi connectivity index (χ1v) is 6.38. The van der Waals surface area contributed by atoms with Gasteiger partial charge in [-0.25, -0.2) is 0 Å². The normalized spacial score (nSPS) is 11.7. The van der Waals surface area contributed by atoms with E-state index in [0.29, 0.717) is 5.75 Å². The van der Waals surface area contributed by atoms with Crippen LogP contribution in [-0.2, 0) is 4.79 Å². The van der Waals surface area contributed by atoms with Gasteiger partial charge in [-0.15, -0.1) is 0 Å². The second-order valence-corrected chi connectivity index (χ2v) is 4.89. The van der Waals surface area contributed by atoms with Gasteiger partial charge in [0.05, 0.1) is 13.1 Å². The van der Waals surface area contributed by atoms with Crippen LogP contribution in [0, 0.1) is 13.8 Å². The van der Waals surface area contributed by atoms with Crippen molar-refractivity contribution in [2.24, 2.45) is 0 Å². The van der Waals surface area contributed by atoms with Crippen LogP contribution in [0.1, 0.15) is 11.1 Å². The molecule has 118 valence electrons. The number of hydrogen-bond acceptors (Lipinski definition) is 3. The van der Waals surface area contributed by atoms with Crippen molar-refractivity contribution in [2.45, 2.75) is 20.0 Å². The molecule has 0 saturated carbocycles. The van der Waals surface area contributed by atoms with Crippen molar-refractivity contribution < 1.29 is 27.8 Å². The van der Waals surface area contributed by atoms with Crippen LogP contribution in [0.3, 0.4) is 0 Å². The second-order valence-electron chi connectivity index (χ2n) is 4.89. The summed E-state index contributed by atoms with van der Waals surface area (Å²) in [4.78, 5) is 11.4. The molecule has 0 aliphatic carbocycles. The summed E-state index contributed by atoms with van der Waals surface area (Å²) in [6, 6.07) is 5.50. The maximum atomic E-state index is 12.3. The molecule has 0 aromatic heterocycles. The molecule has 0 saturated heterocycles. The molecule has 0 atom stereocenters. The first-order chi connectivity index (χ1) is 9.65. The fraction of sp³-hybridized carbons (Fsp3) is 0.500. The van der Waals surface area contributed by atoms with E-state index in [1.54, 1.807) is 12.1 Å². The van der Waals surface area contributed by atoms with Crippen molar-refractivity contribution in [3.63, 3.8) is 0 Å². The molecule has 21 heavy (non-hydrogen) atoms. The predicted molar refractivity (Wildman–Crippen MR) is 71.5 cm³/mol. The molecular weight excluding hydrogens is 287 g/mol. The molecule has 0 heterocycles. The summed E-state index contributed by atoms with van der Waals surface area (Å²) in [6.45, 7) is 1.72. The molecule has 0 amide bonds. The molecule has 7 heteroatoms. The summed E-state index contributed by atoms with van der Waals surface area (Å²) < 4.78 is 42.4. The number of aliphatic carboxylic acids is 1. The summed E-state index contributed by atoms with van der Waals surface area (Å²) in [5, 5.41) is 8.62. The number of benzene rings is 1. The molecule has 0 unspecified atom stereocenters. The molecule has 1 N–H and O–H groups in total. The third-order valence-corrected chi connectivity index (χ3v) is 2.63. The Morgan fingerprint density at radius 1 is 1.24 bits per heavy atom. The molecule has 1 rings (SSSR count). The predicted octanol–water partition coefficient (Wildman–Crippen LogP) is 2.63. The monoisotopic (exact) mass is 305 g/mol. The number of halogens is 3. The Labute approximate surface area is 121 Å².